The SMILES string of the molecule is COc1ccc(/C=N\NC(=O)C2CCN(S(=O)(=O)c3ccc(C)cc3)CC2)cc1. The van der Waals surface area contributed by atoms with Gasteiger partial charge in [-0.25, -0.2) is 13.8 Å². The van der Waals surface area contributed by atoms with Crippen LogP contribution in [0.4, 0.5) is 0 Å². The number of nitrogens with one attached hydrogen (secondary N) is 1. The van der Waals surface area contributed by atoms with Crippen molar-refractivity contribution in [3.05, 3.63) is 59.7 Å². The van der Waals surface area contributed by atoms with Crippen LogP contribution >= 0.6 is 0 Å². The summed E-state index contributed by atoms with van der Waals surface area (Å²) in [6.45, 7) is 2.55. The third kappa shape index (κ3) is 5.21. The van der Waals surface area contributed by atoms with Crippen LogP contribution in [0.2, 0.25) is 0 Å². The van der Waals surface area contributed by atoms with Crippen LogP contribution in [0.15, 0.2) is 58.5 Å². The average Bonchev–Trinajstić information content (AvgIpc) is 2.74. The molecule has 8 heteroatoms. The Kier molecular flexibility index (Phi) is 6.66. The molecule has 0 radical (unpaired) electrons. The molecule has 1 aliphatic heterocycles. The molecule has 2 aromatic carbocycles. The van der Waals surface area contributed by atoms with E-state index in [1.807, 2.05) is 31.2 Å². The summed E-state index contributed by atoms with van der Waals surface area (Å²) in [7, 11) is -1.93. The summed E-state index contributed by atoms with van der Waals surface area (Å²) in [5.41, 5.74) is 4.40. The number of piperidine rings is 1. The molecule has 0 aliphatic carbocycles. The van der Waals surface area contributed by atoms with E-state index in [0.29, 0.717) is 25.9 Å². The molecule has 29 heavy (non-hydrogen) atoms. The zero-order chi connectivity index (χ0) is 20.9. The van der Waals surface area contributed by atoms with Crippen LogP contribution in [0.3, 0.4) is 0 Å². The highest BCUT2D eigenvalue weighted by atomic mass is 32.2. The standard InChI is InChI=1S/C21H25N3O4S/c1-16-3-9-20(10-4-16)29(26,27)24-13-11-18(12-14-24)21(25)23-22-15-17-5-7-19(28-2)8-6-17/h3-10,15,18H,11-14H2,1-2H3,(H,23,25)/b22-15-. The van der Waals surface area contributed by atoms with E-state index in [1.165, 1.54) is 4.31 Å². The van der Waals surface area contributed by atoms with Crippen LogP contribution in [0.5, 0.6) is 5.75 Å². The van der Waals surface area contributed by atoms with Crippen LogP contribution in [0.25, 0.3) is 0 Å². The van der Waals surface area contributed by atoms with Gasteiger partial charge in [-0.15, -0.1) is 0 Å². The molecule has 0 atom stereocenters. The smallest absolute Gasteiger partial charge is 0.243 e. The van der Waals surface area contributed by atoms with Gasteiger partial charge in [0.05, 0.1) is 18.2 Å². The van der Waals surface area contributed by atoms with Crippen molar-refractivity contribution in [3.63, 3.8) is 0 Å². The van der Waals surface area contributed by atoms with Gasteiger partial charge in [-0.1, -0.05) is 17.7 Å². The van der Waals surface area contributed by atoms with Crippen LogP contribution in [-0.4, -0.2) is 45.0 Å². The molecule has 0 aromatic heterocycles. The number of carbonyl (C=O) groups excluding carboxylic acids is 1. The molecular formula is C21H25N3O4S. The molecule has 154 valence electrons. The normalized spacial score (nSPS) is 16.1. The Bertz CT molecular complexity index is 962. The molecule has 1 aliphatic rings. The number of rotatable bonds is 6. The molecule has 7 nitrogen and oxygen atoms in total. The van der Waals surface area contributed by atoms with E-state index in [1.54, 1.807) is 37.6 Å². The molecule has 1 heterocycles. The summed E-state index contributed by atoms with van der Waals surface area (Å²) >= 11 is 0. The van der Waals surface area contributed by atoms with Crippen molar-refractivity contribution in [3.8, 4) is 5.75 Å². The van der Waals surface area contributed by atoms with Gasteiger partial charge in [0.2, 0.25) is 15.9 Å². The number of hydrogen-bond acceptors (Lipinski definition) is 5. The van der Waals surface area contributed by atoms with E-state index < -0.39 is 10.0 Å². The summed E-state index contributed by atoms with van der Waals surface area (Å²) in [5.74, 6) is 0.299. The highest BCUT2D eigenvalue weighted by Gasteiger charge is 2.31. The Morgan fingerprint density at radius 1 is 1.10 bits per heavy atom. The fourth-order valence-electron chi connectivity index (χ4n) is 3.17. The van der Waals surface area contributed by atoms with Gasteiger partial charge in [-0.3, -0.25) is 4.79 Å². The molecule has 2 aromatic rings. The van der Waals surface area contributed by atoms with Crippen LogP contribution in [-0.2, 0) is 14.8 Å². The van der Waals surface area contributed by atoms with Gasteiger partial charge < -0.3 is 4.74 Å². The van der Waals surface area contributed by atoms with Crippen molar-refractivity contribution in [1.82, 2.24) is 9.73 Å². The van der Waals surface area contributed by atoms with E-state index in [-0.39, 0.29) is 16.7 Å². The Morgan fingerprint density at radius 3 is 2.31 bits per heavy atom. The maximum absolute atomic E-state index is 12.7. The van der Waals surface area contributed by atoms with Crippen LogP contribution in [0, 0.1) is 12.8 Å². The van der Waals surface area contributed by atoms with Gasteiger partial charge >= 0.3 is 0 Å². The topological polar surface area (TPSA) is 88.1 Å². The van der Waals surface area contributed by atoms with E-state index in [0.717, 1.165) is 16.9 Å². The number of methoxy groups -OCH3 is 1. The Balaban J connectivity index is 1.52. The summed E-state index contributed by atoms with van der Waals surface area (Å²) in [6, 6.07) is 14.1. The first-order chi connectivity index (χ1) is 13.9. The minimum atomic E-state index is -3.52. The summed E-state index contributed by atoms with van der Waals surface area (Å²) in [6.07, 6.45) is 2.50. The Hall–Kier alpha value is -2.71. The number of aryl methyl sites for hydroxylation is 1. The molecule has 0 unspecified atom stereocenters. The molecule has 1 saturated heterocycles. The quantitative estimate of drug-likeness (QED) is 0.580. The van der Waals surface area contributed by atoms with Crippen molar-refractivity contribution in [2.45, 2.75) is 24.7 Å². The summed E-state index contributed by atoms with van der Waals surface area (Å²) in [5, 5.41) is 4.00. The number of hydrazone groups is 1. The molecule has 1 N–H and O–H groups in total. The predicted octanol–water partition coefficient (Wildman–Crippen LogP) is 2.55. The average molecular weight is 416 g/mol. The van der Waals surface area contributed by atoms with Crippen molar-refractivity contribution >= 4 is 22.1 Å². The van der Waals surface area contributed by atoms with Crippen molar-refractivity contribution < 1.29 is 17.9 Å². The molecule has 0 saturated carbocycles. The lowest BCUT2D eigenvalue weighted by molar-refractivity contribution is -0.126. The molecule has 0 spiro atoms. The maximum Gasteiger partial charge on any atom is 0.243 e. The number of hydrogen-bond donors (Lipinski definition) is 1. The number of carbonyl (C=O) groups is 1. The third-order valence-electron chi connectivity index (χ3n) is 4.99. The van der Waals surface area contributed by atoms with Crippen LogP contribution in [0.1, 0.15) is 24.0 Å². The highest BCUT2D eigenvalue weighted by molar-refractivity contribution is 7.89. The minimum Gasteiger partial charge on any atom is -0.497 e. The molecule has 1 amide bonds. The Labute approximate surface area is 171 Å². The first kappa shape index (κ1) is 21.0. The van der Waals surface area contributed by atoms with Gasteiger partial charge in [0.1, 0.15) is 5.75 Å². The number of nitrogens with zero attached hydrogens (tertiary/aromatic N) is 2. The first-order valence-corrected chi connectivity index (χ1v) is 10.9. The van der Waals surface area contributed by atoms with E-state index in [4.69, 9.17) is 4.74 Å². The maximum atomic E-state index is 12.7. The largest absolute Gasteiger partial charge is 0.497 e. The zero-order valence-corrected chi connectivity index (χ0v) is 17.4. The molecule has 3 rings (SSSR count). The summed E-state index contributed by atoms with van der Waals surface area (Å²) < 4.78 is 32.0. The lowest BCUT2D eigenvalue weighted by Crippen LogP contribution is -2.42. The van der Waals surface area contributed by atoms with Gasteiger partial charge in [0.25, 0.3) is 0 Å². The fraction of sp³-hybridized carbons (Fsp3) is 0.333. The number of amides is 1. The van der Waals surface area contributed by atoms with Crippen molar-refractivity contribution in [1.29, 1.82) is 0 Å². The van der Waals surface area contributed by atoms with Crippen LogP contribution < -0.4 is 10.2 Å². The second kappa shape index (κ2) is 9.19. The predicted molar refractivity (Wildman–Crippen MR) is 111 cm³/mol. The number of sulfonamides is 1. The Morgan fingerprint density at radius 2 is 1.72 bits per heavy atom. The van der Waals surface area contributed by atoms with Gasteiger partial charge in [0.15, 0.2) is 0 Å². The molecular weight excluding hydrogens is 390 g/mol. The van der Waals surface area contributed by atoms with E-state index in [2.05, 4.69) is 10.5 Å². The zero-order valence-electron chi connectivity index (χ0n) is 16.5. The molecule has 0 bridgehead atoms. The third-order valence-corrected chi connectivity index (χ3v) is 6.90. The fourth-order valence-corrected chi connectivity index (χ4v) is 4.64. The second-order valence-corrected chi connectivity index (χ2v) is 8.94. The highest BCUT2D eigenvalue weighted by Crippen LogP contribution is 2.24. The lowest BCUT2D eigenvalue weighted by atomic mass is 9.98. The van der Waals surface area contributed by atoms with E-state index >= 15 is 0 Å². The van der Waals surface area contributed by atoms with Gasteiger partial charge in [-0.05, 0) is 61.7 Å². The van der Waals surface area contributed by atoms with Crippen molar-refractivity contribution in [2.24, 2.45) is 11.0 Å². The number of ether oxygens (including phenoxy) is 1. The van der Waals surface area contributed by atoms with Gasteiger partial charge in [0, 0.05) is 19.0 Å². The lowest BCUT2D eigenvalue weighted by Gasteiger charge is -2.30. The van der Waals surface area contributed by atoms with Gasteiger partial charge in [-0.2, -0.15) is 9.41 Å². The minimum absolute atomic E-state index is 0.192. The number of benzene rings is 2. The molecule has 1 fully saturated rings. The van der Waals surface area contributed by atoms with E-state index in [9.17, 15) is 13.2 Å². The van der Waals surface area contributed by atoms with Crippen molar-refractivity contribution in [2.75, 3.05) is 20.2 Å². The monoisotopic (exact) mass is 415 g/mol. The summed E-state index contributed by atoms with van der Waals surface area (Å²) in [4.78, 5) is 12.6. The second-order valence-electron chi connectivity index (χ2n) is 7.00. The first-order valence-electron chi connectivity index (χ1n) is 9.44.